The van der Waals surface area contributed by atoms with Crippen LogP contribution in [0.4, 0.5) is 19.1 Å². The van der Waals surface area contributed by atoms with Gasteiger partial charge in [0.15, 0.2) is 0 Å². The van der Waals surface area contributed by atoms with E-state index in [1.165, 1.54) is 0 Å². The number of fused-ring (bicyclic) bond motifs is 1. The van der Waals surface area contributed by atoms with E-state index in [-0.39, 0.29) is 30.0 Å². The number of benzene rings is 1. The van der Waals surface area contributed by atoms with Crippen molar-refractivity contribution in [2.75, 3.05) is 11.5 Å². The number of hydrogen-bond acceptors (Lipinski definition) is 3. The highest BCUT2D eigenvalue weighted by molar-refractivity contribution is 9.10. The second-order valence-corrected chi connectivity index (χ2v) is 5.62. The monoisotopic (exact) mass is 339 g/mol. The number of aromatic nitrogens is 2. The lowest BCUT2D eigenvalue weighted by Gasteiger charge is -2.08. The lowest BCUT2D eigenvalue weighted by Crippen LogP contribution is -2.09. The van der Waals surface area contributed by atoms with Crippen molar-refractivity contribution in [1.29, 1.82) is 0 Å². The van der Waals surface area contributed by atoms with E-state index >= 15 is 0 Å². The Morgan fingerprint density at radius 2 is 2.11 bits per heavy atom. The van der Waals surface area contributed by atoms with Gasteiger partial charge in [0, 0.05) is 16.8 Å². The summed E-state index contributed by atoms with van der Waals surface area (Å²) in [5.41, 5.74) is 2.89. The predicted octanol–water partition coefficient (Wildman–Crippen LogP) is 3.63. The van der Waals surface area contributed by atoms with Crippen LogP contribution in [0.15, 0.2) is 22.7 Å². The number of halogens is 4. The highest BCUT2D eigenvalue weighted by Gasteiger charge is 2.27. The quantitative estimate of drug-likeness (QED) is 0.928. The molecule has 2 rings (SSSR count). The molecular formula is C10H9BrF3N3S. The fourth-order valence-corrected chi connectivity index (χ4v) is 2.46. The molecule has 0 atom stereocenters. The molecule has 98 valence electrons. The fourth-order valence-electron chi connectivity index (χ4n) is 1.61. The molecule has 1 aromatic heterocycles. The molecule has 0 bridgehead atoms. The molecule has 8 heteroatoms. The largest absolute Gasteiger partial charge is 0.441 e. The predicted molar refractivity (Wildman–Crippen MR) is 70.4 cm³/mol. The molecule has 2 N–H and O–H groups in total. The van der Waals surface area contributed by atoms with Gasteiger partial charge in [-0.3, -0.25) is 0 Å². The van der Waals surface area contributed by atoms with Crippen molar-refractivity contribution in [3.63, 3.8) is 0 Å². The Bertz CT molecular complexity index is 567. The Morgan fingerprint density at radius 1 is 1.39 bits per heavy atom. The van der Waals surface area contributed by atoms with Gasteiger partial charge in [-0.05, 0) is 30.0 Å². The number of rotatable bonds is 3. The van der Waals surface area contributed by atoms with Crippen LogP contribution < -0.4 is 5.73 Å². The lowest BCUT2D eigenvalue weighted by atomic mass is 10.3. The molecule has 0 radical (unpaired) electrons. The zero-order valence-corrected chi connectivity index (χ0v) is 11.4. The van der Waals surface area contributed by atoms with Gasteiger partial charge in [0.2, 0.25) is 5.95 Å². The minimum Gasteiger partial charge on any atom is -0.369 e. The van der Waals surface area contributed by atoms with Crippen LogP contribution in [0.1, 0.15) is 0 Å². The van der Waals surface area contributed by atoms with Crippen molar-refractivity contribution in [3.8, 4) is 0 Å². The van der Waals surface area contributed by atoms with E-state index in [1.54, 1.807) is 22.8 Å². The van der Waals surface area contributed by atoms with E-state index < -0.39 is 5.51 Å². The Labute approximate surface area is 114 Å². The summed E-state index contributed by atoms with van der Waals surface area (Å²) >= 11 is 3.24. The normalized spacial score (nSPS) is 12.2. The van der Waals surface area contributed by atoms with Gasteiger partial charge in [-0.2, -0.15) is 13.2 Å². The molecule has 0 saturated carbocycles. The number of imidazole rings is 1. The zero-order valence-electron chi connectivity index (χ0n) is 9.04. The number of thioether (sulfide) groups is 1. The van der Waals surface area contributed by atoms with E-state index in [4.69, 9.17) is 5.73 Å². The number of aryl methyl sites for hydroxylation is 1. The Hall–Kier alpha value is -0.890. The highest BCUT2D eigenvalue weighted by Crippen LogP contribution is 2.31. The maximum atomic E-state index is 12.1. The summed E-state index contributed by atoms with van der Waals surface area (Å²) < 4.78 is 38.6. The van der Waals surface area contributed by atoms with Crippen molar-refractivity contribution >= 4 is 44.7 Å². The van der Waals surface area contributed by atoms with Crippen molar-refractivity contribution < 1.29 is 13.2 Å². The number of alkyl halides is 3. The van der Waals surface area contributed by atoms with Crippen molar-refractivity contribution in [2.24, 2.45) is 0 Å². The third-order valence-electron chi connectivity index (χ3n) is 2.32. The van der Waals surface area contributed by atoms with Crippen molar-refractivity contribution in [3.05, 3.63) is 22.7 Å². The molecule has 0 aliphatic rings. The van der Waals surface area contributed by atoms with Gasteiger partial charge in [0.05, 0.1) is 11.0 Å². The molecule has 0 spiro atoms. The van der Waals surface area contributed by atoms with Gasteiger partial charge >= 0.3 is 5.51 Å². The highest BCUT2D eigenvalue weighted by atomic mass is 79.9. The Kier molecular flexibility index (Phi) is 3.76. The van der Waals surface area contributed by atoms with Gasteiger partial charge in [-0.25, -0.2) is 4.98 Å². The maximum absolute atomic E-state index is 12.1. The minimum atomic E-state index is -4.21. The molecule has 18 heavy (non-hydrogen) atoms. The molecule has 0 saturated heterocycles. The summed E-state index contributed by atoms with van der Waals surface area (Å²) in [4.78, 5) is 4.11. The zero-order chi connectivity index (χ0) is 13.3. The van der Waals surface area contributed by atoms with E-state index in [0.29, 0.717) is 5.52 Å². The molecule has 1 aromatic carbocycles. The molecular weight excluding hydrogens is 331 g/mol. The summed E-state index contributed by atoms with van der Waals surface area (Å²) in [6.07, 6.45) is 0. The summed E-state index contributed by atoms with van der Waals surface area (Å²) in [5, 5.41) is 0. The number of nitrogens with zero attached hydrogens (tertiary/aromatic N) is 2. The number of hydrogen-bond donors (Lipinski definition) is 1. The lowest BCUT2D eigenvalue weighted by molar-refractivity contribution is -0.0328. The molecule has 0 amide bonds. The molecule has 0 aliphatic carbocycles. The first kappa shape index (κ1) is 13.5. The first-order valence-electron chi connectivity index (χ1n) is 4.99. The van der Waals surface area contributed by atoms with E-state index in [9.17, 15) is 13.2 Å². The topological polar surface area (TPSA) is 43.8 Å². The molecule has 0 unspecified atom stereocenters. The molecule has 0 aliphatic heterocycles. The van der Waals surface area contributed by atoms with Crippen LogP contribution in [-0.2, 0) is 6.54 Å². The van der Waals surface area contributed by atoms with Crippen LogP contribution in [0.2, 0.25) is 0 Å². The van der Waals surface area contributed by atoms with Crippen LogP contribution in [0.3, 0.4) is 0 Å². The third kappa shape index (κ3) is 3.11. The van der Waals surface area contributed by atoms with Crippen molar-refractivity contribution in [2.45, 2.75) is 12.1 Å². The van der Waals surface area contributed by atoms with Gasteiger partial charge in [0.1, 0.15) is 0 Å². The minimum absolute atomic E-state index is 0.0612. The van der Waals surface area contributed by atoms with Crippen LogP contribution >= 0.6 is 27.7 Å². The van der Waals surface area contributed by atoms with Crippen LogP contribution in [-0.4, -0.2) is 20.8 Å². The molecule has 2 aromatic rings. The van der Waals surface area contributed by atoms with Gasteiger partial charge < -0.3 is 10.3 Å². The smallest absolute Gasteiger partial charge is 0.369 e. The number of anilines is 1. The summed E-state index contributed by atoms with van der Waals surface area (Å²) in [7, 11) is 0. The van der Waals surface area contributed by atoms with E-state index in [2.05, 4.69) is 20.9 Å². The van der Waals surface area contributed by atoms with Crippen LogP contribution in [0.5, 0.6) is 0 Å². The SMILES string of the molecule is Nc1nc2cc(Br)ccc2n1CCSC(F)(F)F. The van der Waals surface area contributed by atoms with E-state index in [0.717, 1.165) is 9.99 Å². The standard InChI is InChI=1S/C10H9BrF3N3S/c11-6-1-2-8-7(5-6)16-9(15)17(8)3-4-18-10(12,13)14/h1-2,5H,3-4H2,(H2,15,16). The average Bonchev–Trinajstić information content (AvgIpc) is 2.52. The van der Waals surface area contributed by atoms with E-state index in [1.807, 2.05) is 0 Å². The second kappa shape index (κ2) is 5.00. The molecule has 3 nitrogen and oxygen atoms in total. The summed E-state index contributed by atoms with van der Waals surface area (Å²) in [6.45, 7) is 0.175. The summed E-state index contributed by atoms with van der Waals surface area (Å²) in [6, 6.07) is 5.36. The second-order valence-electron chi connectivity index (χ2n) is 3.55. The average molecular weight is 340 g/mol. The molecule has 1 heterocycles. The number of nitrogen functional groups attached to an aromatic ring is 1. The van der Waals surface area contributed by atoms with Crippen LogP contribution in [0.25, 0.3) is 11.0 Å². The van der Waals surface area contributed by atoms with Gasteiger partial charge in [0.25, 0.3) is 0 Å². The van der Waals surface area contributed by atoms with Crippen molar-refractivity contribution in [1.82, 2.24) is 9.55 Å². The molecule has 0 fully saturated rings. The Morgan fingerprint density at radius 3 is 2.78 bits per heavy atom. The summed E-state index contributed by atoms with van der Waals surface area (Å²) in [5.74, 6) is 0.140. The van der Waals surface area contributed by atoms with Gasteiger partial charge in [-0.15, -0.1) is 0 Å². The first-order valence-corrected chi connectivity index (χ1v) is 6.76. The fraction of sp³-hybridized carbons (Fsp3) is 0.300. The van der Waals surface area contributed by atoms with Gasteiger partial charge in [-0.1, -0.05) is 15.9 Å². The number of nitrogens with two attached hydrogens (primary N) is 1. The first-order chi connectivity index (χ1) is 8.37. The van der Waals surface area contributed by atoms with Crippen LogP contribution in [0, 0.1) is 0 Å². The Balaban J connectivity index is 2.20. The third-order valence-corrected chi connectivity index (χ3v) is 3.53. The maximum Gasteiger partial charge on any atom is 0.441 e.